The monoisotopic (exact) mass is 354 g/mol. The van der Waals surface area contributed by atoms with Crippen molar-refractivity contribution in [2.75, 3.05) is 6.54 Å². The van der Waals surface area contributed by atoms with Crippen LogP contribution < -0.4 is 9.83 Å². The number of carboxylic acid groups (broad SMARTS) is 1. The van der Waals surface area contributed by atoms with Crippen LogP contribution in [-0.2, 0) is 14.8 Å². The zero-order valence-electron chi connectivity index (χ0n) is 15.3. The van der Waals surface area contributed by atoms with Crippen LogP contribution in [0.2, 0.25) is 0 Å². The maximum atomic E-state index is 12.8. The second kappa shape index (κ2) is 8.12. The first-order chi connectivity index (χ1) is 11.0. The van der Waals surface area contributed by atoms with Crippen molar-refractivity contribution in [1.29, 1.82) is 0 Å². The first-order valence-electron chi connectivity index (χ1n) is 8.34. The van der Waals surface area contributed by atoms with Gasteiger partial charge in [-0.3, -0.25) is 0 Å². The third kappa shape index (κ3) is 5.05. The van der Waals surface area contributed by atoms with Crippen LogP contribution in [0.1, 0.15) is 82.4 Å². The van der Waals surface area contributed by atoms with Crippen LogP contribution in [0.3, 0.4) is 0 Å². The summed E-state index contributed by atoms with van der Waals surface area (Å²) in [7, 11) is -3.79. The molecule has 1 N–H and O–H groups in total. The maximum Gasteiger partial charge on any atom is 0.241 e. The Morgan fingerprint density at radius 2 is 1.46 bits per heavy atom. The molecule has 0 radical (unpaired) electrons. The van der Waals surface area contributed by atoms with Crippen molar-refractivity contribution < 1.29 is 18.3 Å². The molecule has 0 fully saturated rings. The fourth-order valence-electron chi connectivity index (χ4n) is 2.56. The second-order valence-corrected chi connectivity index (χ2v) is 8.72. The summed E-state index contributed by atoms with van der Waals surface area (Å²) >= 11 is 0. The topological polar surface area (TPSA) is 86.3 Å². The zero-order valence-corrected chi connectivity index (χ0v) is 16.2. The highest BCUT2D eigenvalue weighted by molar-refractivity contribution is 7.89. The third-order valence-electron chi connectivity index (χ3n) is 3.97. The lowest BCUT2D eigenvalue weighted by Crippen LogP contribution is -2.32. The molecule has 0 atom stereocenters. The van der Waals surface area contributed by atoms with Gasteiger partial charge in [0.15, 0.2) is 0 Å². The van der Waals surface area contributed by atoms with E-state index in [0.29, 0.717) is 5.92 Å². The Bertz CT molecular complexity index is 662. The summed E-state index contributed by atoms with van der Waals surface area (Å²) in [5.41, 5.74) is 2.65. The van der Waals surface area contributed by atoms with Gasteiger partial charge in [0.05, 0.1) is 4.90 Å². The van der Waals surface area contributed by atoms with E-state index in [0.717, 1.165) is 16.7 Å². The van der Waals surface area contributed by atoms with E-state index in [4.69, 9.17) is 0 Å². The molecule has 0 spiro atoms. The van der Waals surface area contributed by atoms with Gasteiger partial charge < -0.3 is 9.90 Å². The summed E-state index contributed by atoms with van der Waals surface area (Å²) in [5, 5.41) is 10.5. The molecule has 0 aromatic heterocycles. The number of carboxylic acids is 1. The fourth-order valence-corrected chi connectivity index (χ4v) is 4.28. The number of hydrogen-bond donors (Lipinski definition) is 1. The van der Waals surface area contributed by atoms with Crippen LogP contribution in [0.4, 0.5) is 0 Å². The summed E-state index contributed by atoms with van der Waals surface area (Å²) in [6, 6.07) is 3.91. The van der Waals surface area contributed by atoms with Crippen LogP contribution >= 0.6 is 0 Å². The molecule has 0 bridgehead atoms. The predicted octanol–water partition coefficient (Wildman–Crippen LogP) is 2.48. The van der Waals surface area contributed by atoms with Gasteiger partial charge in [-0.15, -0.1) is 0 Å². The number of sulfonamides is 1. The Morgan fingerprint density at radius 3 is 1.79 bits per heavy atom. The van der Waals surface area contributed by atoms with E-state index in [9.17, 15) is 18.3 Å². The minimum Gasteiger partial charge on any atom is -0.550 e. The van der Waals surface area contributed by atoms with E-state index >= 15 is 0 Å². The van der Waals surface area contributed by atoms with Gasteiger partial charge >= 0.3 is 0 Å². The number of rotatable bonds is 8. The van der Waals surface area contributed by atoms with Crippen molar-refractivity contribution in [1.82, 2.24) is 4.72 Å². The number of carbonyl (C=O) groups is 1. The minimum atomic E-state index is -3.79. The van der Waals surface area contributed by atoms with Gasteiger partial charge in [-0.2, -0.15) is 0 Å². The zero-order chi connectivity index (χ0) is 18.7. The molecule has 1 aromatic rings. The SMILES string of the molecule is CC(C)c1cc(C(C)C)c(S(=O)(=O)NCCC(=O)[O-])c(C(C)C)c1. The largest absolute Gasteiger partial charge is 0.550 e. The van der Waals surface area contributed by atoms with E-state index < -0.39 is 16.0 Å². The van der Waals surface area contributed by atoms with E-state index in [1.807, 2.05) is 39.8 Å². The lowest BCUT2D eigenvalue weighted by molar-refractivity contribution is -0.305. The molecule has 24 heavy (non-hydrogen) atoms. The third-order valence-corrected chi connectivity index (χ3v) is 5.56. The molecule has 0 saturated heterocycles. The smallest absolute Gasteiger partial charge is 0.241 e. The normalized spacial score (nSPS) is 12.4. The Kier molecular flexibility index (Phi) is 6.98. The van der Waals surface area contributed by atoms with E-state index in [2.05, 4.69) is 18.6 Å². The molecular weight excluding hydrogens is 326 g/mol. The molecule has 5 nitrogen and oxygen atoms in total. The molecule has 0 amide bonds. The van der Waals surface area contributed by atoms with Crippen LogP contribution in [0.15, 0.2) is 17.0 Å². The van der Waals surface area contributed by atoms with Crippen molar-refractivity contribution >= 4 is 16.0 Å². The Labute approximate surface area is 145 Å². The van der Waals surface area contributed by atoms with Crippen LogP contribution in [0.5, 0.6) is 0 Å². The average molecular weight is 354 g/mol. The van der Waals surface area contributed by atoms with Crippen molar-refractivity contribution in [2.45, 2.75) is 70.6 Å². The van der Waals surface area contributed by atoms with Gasteiger partial charge in [-0.25, -0.2) is 13.1 Å². The molecule has 1 rings (SSSR count). The molecule has 136 valence electrons. The molecule has 0 aliphatic heterocycles. The van der Waals surface area contributed by atoms with Gasteiger partial charge in [-0.1, -0.05) is 53.7 Å². The number of nitrogens with one attached hydrogen (secondary N) is 1. The summed E-state index contributed by atoms with van der Waals surface area (Å²) in [4.78, 5) is 10.8. The summed E-state index contributed by atoms with van der Waals surface area (Å²) in [5.74, 6) is -0.911. The van der Waals surface area contributed by atoms with Crippen molar-refractivity contribution in [2.24, 2.45) is 0 Å². The predicted molar refractivity (Wildman–Crippen MR) is 93.5 cm³/mol. The van der Waals surface area contributed by atoms with Gasteiger partial charge in [0.2, 0.25) is 10.0 Å². The van der Waals surface area contributed by atoms with Gasteiger partial charge in [-0.05, 0) is 34.4 Å². The summed E-state index contributed by atoms with van der Waals surface area (Å²) in [6.45, 7) is 11.8. The molecule has 6 heteroatoms. The highest BCUT2D eigenvalue weighted by Crippen LogP contribution is 2.34. The van der Waals surface area contributed by atoms with E-state index in [-0.39, 0.29) is 29.7 Å². The highest BCUT2D eigenvalue weighted by atomic mass is 32.2. The van der Waals surface area contributed by atoms with Gasteiger partial charge in [0.25, 0.3) is 0 Å². The maximum absolute atomic E-state index is 12.8. The summed E-state index contributed by atoms with van der Waals surface area (Å²) in [6.07, 6.45) is -0.350. The van der Waals surface area contributed by atoms with Crippen molar-refractivity contribution in [3.8, 4) is 0 Å². The first kappa shape index (κ1) is 20.6. The molecule has 0 aliphatic carbocycles. The van der Waals surface area contributed by atoms with E-state index in [1.54, 1.807) is 0 Å². The van der Waals surface area contributed by atoms with Crippen LogP contribution in [-0.4, -0.2) is 20.9 Å². The highest BCUT2D eigenvalue weighted by Gasteiger charge is 2.26. The first-order valence-corrected chi connectivity index (χ1v) is 9.82. The molecular formula is C18H28NO4S-. The Balaban J connectivity index is 3.50. The fraction of sp³-hybridized carbons (Fsp3) is 0.611. The number of aliphatic carboxylic acids is 1. The lowest BCUT2D eigenvalue weighted by Gasteiger charge is -2.23. The molecule has 0 heterocycles. The average Bonchev–Trinajstić information content (AvgIpc) is 2.44. The molecule has 1 aromatic carbocycles. The van der Waals surface area contributed by atoms with Crippen molar-refractivity contribution in [3.63, 3.8) is 0 Å². The number of hydrogen-bond acceptors (Lipinski definition) is 4. The van der Waals surface area contributed by atoms with Gasteiger partial charge in [0, 0.05) is 18.9 Å². The Morgan fingerprint density at radius 1 is 1.00 bits per heavy atom. The number of benzene rings is 1. The molecule has 0 unspecified atom stereocenters. The Hall–Kier alpha value is -1.40. The standard InChI is InChI=1S/C18H29NO4S/c1-11(2)14-9-15(12(3)4)18(16(10-14)13(5)6)24(22,23)19-8-7-17(20)21/h9-13,19H,7-8H2,1-6H3,(H,20,21)/p-1. The lowest BCUT2D eigenvalue weighted by atomic mass is 9.89. The quantitative estimate of drug-likeness (QED) is 0.777. The molecule has 0 aliphatic rings. The van der Waals surface area contributed by atoms with Crippen molar-refractivity contribution in [3.05, 3.63) is 28.8 Å². The number of carbonyl (C=O) groups excluding carboxylic acids is 1. The van der Waals surface area contributed by atoms with Gasteiger partial charge in [0.1, 0.15) is 0 Å². The minimum absolute atomic E-state index is 0.0360. The van der Waals surface area contributed by atoms with Crippen LogP contribution in [0, 0.1) is 0 Å². The molecule has 0 saturated carbocycles. The summed E-state index contributed by atoms with van der Waals surface area (Å²) < 4.78 is 28.0. The second-order valence-electron chi connectivity index (χ2n) is 7.01. The van der Waals surface area contributed by atoms with Crippen LogP contribution in [0.25, 0.3) is 0 Å². The van der Waals surface area contributed by atoms with E-state index in [1.165, 1.54) is 0 Å².